The number of carbonyl (C=O) groups is 2. The Kier molecular flexibility index (Phi) is 4.70. The summed E-state index contributed by atoms with van der Waals surface area (Å²) in [5.41, 5.74) is 9.67. The third-order valence-electron chi connectivity index (χ3n) is 8.44. The van der Waals surface area contributed by atoms with Gasteiger partial charge in [0.05, 0.1) is 11.1 Å². The molecule has 4 aliphatic carbocycles. The van der Waals surface area contributed by atoms with Crippen molar-refractivity contribution in [3.8, 4) is 5.69 Å². The third-order valence-corrected chi connectivity index (χ3v) is 8.44. The molecule has 4 aliphatic rings. The summed E-state index contributed by atoms with van der Waals surface area (Å²) in [5, 5.41) is 7.43. The van der Waals surface area contributed by atoms with Crippen molar-refractivity contribution >= 4 is 17.5 Å². The number of hydrogen-bond donors (Lipinski definition) is 2. The van der Waals surface area contributed by atoms with Gasteiger partial charge in [0.1, 0.15) is 5.69 Å². The first kappa shape index (κ1) is 21.1. The number of primary amides is 1. The van der Waals surface area contributed by atoms with Crippen LogP contribution in [0.1, 0.15) is 60.1 Å². The monoisotopic (exact) mass is 454 g/mol. The smallest absolute Gasteiger partial charge is 0.269 e. The summed E-state index contributed by atoms with van der Waals surface area (Å²) in [7, 11) is 0. The molecule has 0 saturated heterocycles. The molecule has 2 aromatic carbocycles. The molecule has 2 atom stereocenters. The van der Waals surface area contributed by atoms with Crippen molar-refractivity contribution in [2.24, 2.45) is 23.0 Å². The Morgan fingerprint density at radius 2 is 1.65 bits per heavy atom. The second kappa shape index (κ2) is 7.55. The largest absolute Gasteiger partial charge is 0.364 e. The lowest BCUT2D eigenvalue weighted by atomic mass is 9.42. The molecule has 0 spiro atoms. The molecule has 7 rings (SSSR count). The zero-order chi connectivity index (χ0) is 23.5. The Balaban J connectivity index is 1.23. The molecular weight excluding hydrogens is 424 g/mol. The maximum Gasteiger partial charge on any atom is 0.269 e. The minimum absolute atomic E-state index is 0.136. The van der Waals surface area contributed by atoms with Crippen molar-refractivity contribution in [2.45, 2.75) is 50.9 Å². The van der Waals surface area contributed by atoms with Crippen molar-refractivity contribution in [1.29, 1.82) is 0 Å². The molecule has 4 bridgehead atoms. The van der Waals surface area contributed by atoms with Crippen molar-refractivity contribution in [1.82, 2.24) is 9.78 Å². The molecule has 4 saturated carbocycles. The van der Waals surface area contributed by atoms with Gasteiger partial charge in [0.2, 0.25) is 5.91 Å². The molecule has 1 heterocycles. The fourth-order valence-corrected chi connectivity index (χ4v) is 7.33. The average Bonchev–Trinajstić information content (AvgIpc) is 3.30. The second-order valence-electron chi connectivity index (χ2n) is 10.9. The maximum atomic E-state index is 13.7. The number of carbonyl (C=O) groups excluding carboxylic acids is 2. The first-order chi connectivity index (χ1) is 16.3. The molecule has 3 aromatic rings. The Labute approximate surface area is 199 Å². The van der Waals surface area contributed by atoms with E-state index >= 15 is 0 Å². The predicted molar refractivity (Wildman–Crippen MR) is 131 cm³/mol. The van der Waals surface area contributed by atoms with E-state index in [-0.39, 0.29) is 22.4 Å². The van der Waals surface area contributed by atoms with E-state index in [1.54, 1.807) is 16.9 Å². The summed E-state index contributed by atoms with van der Waals surface area (Å²) in [6.45, 7) is 2.13. The molecule has 2 amide bonds. The van der Waals surface area contributed by atoms with Crippen LogP contribution in [0.15, 0.2) is 60.8 Å². The van der Waals surface area contributed by atoms with Crippen LogP contribution in [0.5, 0.6) is 0 Å². The number of hydrogen-bond acceptors (Lipinski definition) is 3. The molecular formula is C28H30N4O2. The lowest BCUT2D eigenvalue weighted by Crippen LogP contribution is -2.57. The van der Waals surface area contributed by atoms with Crippen LogP contribution in [-0.2, 0) is 10.2 Å². The summed E-state index contributed by atoms with van der Waals surface area (Å²) < 4.78 is 1.61. The molecule has 174 valence electrons. The highest BCUT2D eigenvalue weighted by molar-refractivity contribution is 5.96. The molecule has 0 radical (unpaired) electrons. The summed E-state index contributed by atoms with van der Waals surface area (Å²) in [4.78, 5) is 25.1. The normalized spacial score (nSPS) is 29.2. The standard InChI is InChI=1S/C28H30N4O2/c1-18-2-4-21(5-3-18)27-13-19-12-20(14-27)16-28(15-19,17-27)26(34)30-22-6-8-23(9-7-22)32-11-10-24(31-32)25(29)33/h2-11,19-20H,12-17H2,1H3,(H2,29,33)(H,30,34). The fraction of sp³-hybridized carbons (Fsp3) is 0.393. The highest BCUT2D eigenvalue weighted by Crippen LogP contribution is 2.66. The Hall–Kier alpha value is -3.41. The molecule has 4 fully saturated rings. The number of aryl methyl sites for hydroxylation is 1. The quantitative estimate of drug-likeness (QED) is 0.583. The Bertz CT molecular complexity index is 1240. The van der Waals surface area contributed by atoms with Crippen molar-refractivity contribution in [2.75, 3.05) is 5.32 Å². The lowest BCUT2D eigenvalue weighted by molar-refractivity contribution is -0.143. The number of nitrogens with zero attached hydrogens (tertiary/aromatic N) is 2. The molecule has 6 heteroatoms. The zero-order valence-electron chi connectivity index (χ0n) is 19.5. The molecule has 2 unspecified atom stereocenters. The van der Waals surface area contributed by atoms with Gasteiger partial charge in [0.15, 0.2) is 0 Å². The number of amides is 2. The third kappa shape index (κ3) is 3.44. The molecule has 1 aromatic heterocycles. The number of nitrogens with two attached hydrogens (primary N) is 1. The van der Waals surface area contributed by atoms with Crippen LogP contribution in [-0.4, -0.2) is 21.6 Å². The fourth-order valence-electron chi connectivity index (χ4n) is 7.33. The van der Waals surface area contributed by atoms with E-state index in [9.17, 15) is 9.59 Å². The van der Waals surface area contributed by atoms with Crippen LogP contribution in [0, 0.1) is 24.2 Å². The van der Waals surface area contributed by atoms with Crippen LogP contribution in [0.3, 0.4) is 0 Å². The van der Waals surface area contributed by atoms with Crippen molar-refractivity contribution < 1.29 is 9.59 Å². The van der Waals surface area contributed by atoms with Crippen LogP contribution in [0.25, 0.3) is 5.69 Å². The summed E-state index contributed by atoms with van der Waals surface area (Å²) in [6, 6.07) is 18.2. The van der Waals surface area contributed by atoms with E-state index in [2.05, 4.69) is 41.6 Å². The zero-order valence-corrected chi connectivity index (χ0v) is 19.5. The number of benzene rings is 2. The number of aromatic nitrogens is 2. The molecule has 3 N–H and O–H groups in total. The van der Waals surface area contributed by atoms with E-state index in [0.29, 0.717) is 11.8 Å². The summed E-state index contributed by atoms with van der Waals surface area (Å²) in [5.74, 6) is 0.882. The summed E-state index contributed by atoms with van der Waals surface area (Å²) in [6.07, 6.45) is 8.36. The number of nitrogens with one attached hydrogen (secondary N) is 1. The van der Waals surface area contributed by atoms with Gasteiger partial charge in [-0.15, -0.1) is 0 Å². The number of rotatable bonds is 5. The van der Waals surface area contributed by atoms with E-state index in [1.807, 2.05) is 24.3 Å². The van der Waals surface area contributed by atoms with E-state index in [1.165, 1.54) is 30.4 Å². The van der Waals surface area contributed by atoms with Gasteiger partial charge in [-0.1, -0.05) is 29.8 Å². The van der Waals surface area contributed by atoms with Crippen molar-refractivity contribution in [3.63, 3.8) is 0 Å². The predicted octanol–water partition coefficient (Wildman–Crippen LogP) is 4.76. The van der Waals surface area contributed by atoms with Gasteiger partial charge in [-0.25, -0.2) is 4.68 Å². The van der Waals surface area contributed by atoms with Gasteiger partial charge >= 0.3 is 0 Å². The molecule has 34 heavy (non-hydrogen) atoms. The van der Waals surface area contributed by atoms with E-state index < -0.39 is 5.91 Å². The molecule has 6 nitrogen and oxygen atoms in total. The van der Waals surface area contributed by atoms with Crippen LogP contribution < -0.4 is 11.1 Å². The maximum absolute atomic E-state index is 13.7. The van der Waals surface area contributed by atoms with Gasteiger partial charge in [-0.2, -0.15) is 5.10 Å². The number of anilines is 1. The lowest BCUT2D eigenvalue weighted by Gasteiger charge is -2.61. The Morgan fingerprint density at radius 1 is 0.971 bits per heavy atom. The molecule has 0 aliphatic heterocycles. The van der Waals surface area contributed by atoms with Crippen LogP contribution >= 0.6 is 0 Å². The average molecular weight is 455 g/mol. The van der Waals surface area contributed by atoms with Gasteiger partial charge < -0.3 is 11.1 Å². The van der Waals surface area contributed by atoms with Gasteiger partial charge in [0, 0.05) is 11.9 Å². The van der Waals surface area contributed by atoms with E-state index in [4.69, 9.17) is 5.73 Å². The van der Waals surface area contributed by atoms with Gasteiger partial charge in [-0.3, -0.25) is 9.59 Å². The highest BCUT2D eigenvalue weighted by atomic mass is 16.2. The Morgan fingerprint density at radius 3 is 2.26 bits per heavy atom. The highest BCUT2D eigenvalue weighted by Gasteiger charge is 2.60. The summed E-state index contributed by atoms with van der Waals surface area (Å²) >= 11 is 0. The van der Waals surface area contributed by atoms with E-state index in [0.717, 1.165) is 30.6 Å². The van der Waals surface area contributed by atoms with Crippen LogP contribution in [0.2, 0.25) is 0 Å². The second-order valence-corrected chi connectivity index (χ2v) is 10.9. The first-order valence-electron chi connectivity index (χ1n) is 12.2. The minimum Gasteiger partial charge on any atom is -0.364 e. The van der Waals surface area contributed by atoms with Gasteiger partial charge in [-0.05, 0) is 98.6 Å². The topological polar surface area (TPSA) is 90.0 Å². The van der Waals surface area contributed by atoms with Crippen molar-refractivity contribution in [3.05, 3.63) is 77.6 Å². The minimum atomic E-state index is -0.554. The van der Waals surface area contributed by atoms with Crippen LogP contribution in [0.4, 0.5) is 5.69 Å². The first-order valence-corrected chi connectivity index (χ1v) is 12.2. The SMILES string of the molecule is Cc1ccc(C23CC4CC(CC(C(=O)Nc5ccc(-n6ccc(C(N)=O)n6)cc5)(C4)C2)C3)cc1. The van der Waals surface area contributed by atoms with Gasteiger partial charge in [0.25, 0.3) is 5.91 Å².